The van der Waals surface area contributed by atoms with Crippen molar-refractivity contribution in [3.8, 4) is 11.3 Å². The summed E-state index contributed by atoms with van der Waals surface area (Å²) in [4.78, 5) is 26.9. The molecule has 31 heavy (non-hydrogen) atoms. The highest BCUT2D eigenvalue weighted by Gasteiger charge is 2.41. The fourth-order valence-corrected chi connectivity index (χ4v) is 4.64. The maximum absolute atomic E-state index is 12.5. The second kappa shape index (κ2) is 8.00. The highest BCUT2D eigenvalue weighted by molar-refractivity contribution is 5.91. The first-order valence-corrected chi connectivity index (χ1v) is 10.6. The van der Waals surface area contributed by atoms with Crippen molar-refractivity contribution in [1.82, 2.24) is 15.4 Å². The van der Waals surface area contributed by atoms with Gasteiger partial charge < -0.3 is 9.84 Å². The predicted octanol–water partition coefficient (Wildman–Crippen LogP) is 2.94. The van der Waals surface area contributed by atoms with Gasteiger partial charge in [-0.25, -0.2) is 0 Å². The summed E-state index contributed by atoms with van der Waals surface area (Å²) in [5.74, 6) is 0.273. The van der Waals surface area contributed by atoms with Crippen LogP contribution >= 0.6 is 0 Å². The molecule has 1 spiro atoms. The van der Waals surface area contributed by atoms with Crippen molar-refractivity contribution in [2.75, 3.05) is 25.0 Å². The number of benzene rings is 2. The number of rotatable bonds is 4. The molecule has 2 aliphatic rings. The second-order valence-electron chi connectivity index (χ2n) is 8.23. The van der Waals surface area contributed by atoms with Crippen LogP contribution in [0.2, 0.25) is 0 Å². The van der Waals surface area contributed by atoms with Crippen LogP contribution in [0.3, 0.4) is 0 Å². The molecule has 2 N–H and O–H groups in total. The van der Waals surface area contributed by atoms with Crippen molar-refractivity contribution >= 4 is 17.7 Å². The van der Waals surface area contributed by atoms with Crippen molar-refractivity contribution in [2.24, 2.45) is 0 Å². The quantitative estimate of drug-likeness (QED) is 0.683. The van der Waals surface area contributed by atoms with Gasteiger partial charge in [0, 0.05) is 24.7 Å². The number of fused-ring (bicyclic) bond motifs is 2. The van der Waals surface area contributed by atoms with Crippen LogP contribution in [0.4, 0.5) is 5.88 Å². The van der Waals surface area contributed by atoms with Gasteiger partial charge in [-0.3, -0.25) is 19.8 Å². The topological polar surface area (TPSA) is 87.5 Å². The van der Waals surface area contributed by atoms with Crippen molar-refractivity contribution in [3.63, 3.8) is 0 Å². The zero-order valence-corrected chi connectivity index (χ0v) is 17.1. The molecule has 1 saturated heterocycles. The molecule has 0 unspecified atom stereocenters. The van der Waals surface area contributed by atoms with E-state index in [9.17, 15) is 9.59 Å². The predicted molar refractivity (Wildman–Crippen MR) is 116 cm³/mol. The lowest BCUT2D eigenvalue weighted by Crippen LogP contribution is -2.56. The maximum Gasteiger partial charge on any atom is 0.240 e. The first-order chi connectivity index (χ1) is 15.1. The molecule has 2 amide bonds. The molecule has 0 radical (unpaired) electrons. The summed E-state index contributed by atoms with van der Waals surface area (Å²) < 4.78 is 5.27. The Kier molecular flexibility index (Phi) is 5.03. The molecule has 0 aliphatic carbocycles. The summed E-state index contributed by atoms with van der Waals surface area (Å²) in [6.07, 6.45) is 2.00. The van der Waals surface area contributed by atoms with Crippen LogP contribution < -0.4 is 10.6 Å². The van der Waals surface area contributed by atoms with E-state index in [1.165, 1.54) is 5.56 Å². The summed E-state index contributed by atoms with van der Waals surface area (Å²) in [6, 6.07) is 19.6. The number of aromatic nitrogens is 1. The van der Waals surface area contributed by atoms with Gasteiger partial charge in [0.1, 0.15) is 5.69 Å². The number of anilines is 1. The lowest BCUT2D eigenvalue weighted by Gasteiger charge is -2.45. The van der Waals surface area contributed by atoms with Gasteiger partial charge in [0.15, 0.2) is 0 Å². The minimum atomic E-state index is -0.325. The number of likely N-dealkylation sites (tertiary alicyclic amines) is 1. The van der Waals surface area contributed by atoms with Crippen LogP contribution in [0.5, 0.6) is 0 Å². The van der Waals surface area contributed by atoms with Crippen LogP contribution in [0.15, 0.2) is 65.2 Å². The normalized spacial score (nSPS) is 17.7. The summed E-state index contributed by atoms with van der Waals surface area (Å²) in [7, 11) is 0. The van der Waals surface area contributed by atoms with E-state index in [0.29, 0.717) is 18.0 Å². The van der Waals surface area contributed by atoms with E-state index in [-0.39, 0.29) is 23.9 Å². The Labute approximate surface area is 180 Å². The number of hydrogen-bond acceptors (Lipinski definition) is 5. The fourth-order valence-electron chi connectivity index (χ4n) is 4.64. The Balaban J connectivity index is 1.19. The number of hydrogen-bond donors (Lipinski definition) is 2. The van der Waals surface area contributed by atoms with Crippen molar-refractivity contribution in [2.45, 2.75) is 24.8 Å². The summed E-state index contributed by atoms with van der Waals surface area (Å²) >= 11 is 0. The molecule has 7 nitrogen and oxygen atoms in total. The van der Waals surface area contributed by atoms with Crippen LogP contribution in [-0.4, -0.2) is 41.5 Å². The SMILES string of the molecule is O=C(CN1CCC2(CC1)NC(=O)Cc1ccccc12)Nc1cc(-c2ccccc2)no1. The Morgan fingerprint density at radius 3 is 2.65 bits per heavy atom. The second-order valence-corrected chi connectivity index (χ2v) is 8.23. The number of piperidine rings is 1. The summed E-state index contributed by atoms with van der Waals surface area (Å²) in [5, 5.41) is 10.1. The molecule has 0 atom stereocenters. The Bertz CT molecular complexity index is 1100. The van der Waals surface area contributed by atoms with E-state index in [1.54, 1.807) is 6.07 Å². The molecule has 2 aliphatic heterocycles. The van der Waals surface area contributed by atoms with E-state index >= 15 is 0 Å². The van der Waals surface area contributed by atoms with Gasteiger partial charge in [-0.05, 0) is 24.0 Å². The molecule has 0 saturated carbocycles. The molecule has 1 fully saturated rings. The maximum atomic E-state index is 12.5. The molecule has 2 aromatic carbocycles. The average Bonchev–Trinajstić information content (AvgIpc) is 3.24. The van der Waals surface area contributed by atoms with Gasteiger partial charge in [0.25, 0.3) is 0 Å². The monoisotopic (exact) mass is 416 g/mol. The van der Waals surface area contributed by atoms with Crippen molar-refractivity contribution < 1.29 is 14.1 Å². The van der Waals surface area contributed by atoms with Gasteiger partial charge in [-0.1, -0.05) is 59.8 Å². The lowest BCUT2D eigenvalue weighted by molar-refractivity contribution is -0.125. The van der Waals surface area contributed by atoms with E-state index in [1.807, 2.05) is 48.5 Å². The number of nitrogens with one attached hydrogen (secondary N) is 2. The van der Waals surface area contributed by atoms with Gasteiger partial charge in [0.2, 0.25) is 17.7 Å². The molecule has 3 aromatic rings. The highest BCUT2D eigenvalue weighted by Crippen LogP contribution is 2.37. The smallest absolute Gasteiger partial charge is 0.240 e. The van der Waals surface area contributed by atoms with Crippen LogP contribution in [0.1, 0.15) is 24.0 Å². The number of carbonyl (C=O) groups excluding carboxylic acids is 2. The van der Waals surface area contributed by atoms with E-state index < -0.39 is 0 Å². The number of nitrogens with zero attached hydrogens (tertiary/aromatic N) is 2. The third kappa shape index (κ3) is 3.96. The molecule has 7 heteroatoms. The minimum absolute atomic E-state index is 0.0735. The number of carbonyl (C=O) groups is 2. The average molecular weight is 416 g/mol. The van der Waals surface area contributed by atoms with Gasteiger partial charge in [-0.15, -0.1) is 0 Å². The fraction of sp³-hybridized carbons (Fsp3) is 0.292. The standard InChI is InChI=1S/C24H24N4O3/c29-21-14-18-8-4-5-9-19(18)24(26-21)10-12-28(13-11-24)16-22(30)25-23-15-20(27-31-23)17-6-2-1-3-7-17/h1-9,15H,10-14,16H2,(H,25,30)(H,26,29). The first kappa shape index (κ1) is 19.5. The lowest BCUT2D eigenvalue weighted by atomic mass is 9.75. The Hall–Kier alpha value is -3.45. The van der Waals surface area contributed by atoms with Crippen LogP contribution in [0.25, 0.3) is 11.3 Å². The molecular formula is C24H24N4O3. The van der Waals surface area contributed by atoms with Crippen LogP contribution in [0, 0.1) is 0 Å². The third-order valence-electron chi connectivity index (χ3n) is 6.18. The Morgan fingerprint density at radius 1 is 1.10 bits per heavy atom. The summed E-state index contributed by atoms with van der Waals surface area (Å²) in [5.41, 5.74) is 3.62. The zero-order valence-electron chi connectivity index (χ0n) is 17.1. The zero-order chi connectivity index (χ0) is 21.3. The van der Waals surface area contributed by atoms with Crippen molar-refractivity contribution in [1.29, 1.82) is 0 Å². The van der Waals surface area contributed by atoms with Crippen LogP contribution in [-0.2, 0) is 21.5 Å². The molecule has 5 rings (SSSR count). The molecular weight excluding hydrogens is 392 g/mol. The Morgan fingerprint density at radius 2 is 1.84 bits per heavy atom. The van der Waals surface area contributed by atoms with Crippen molar-refractivity contribution in [3.05, 3.63) is 71.8 Å². The van der Waals surface area contributed by atoms with E-state index in [2.05, 4.69) is 26.8 Å². The minimum Gasteiger partial charge on any atom is -0.346 e. The largest absolute Gasteiger partial charge is 0.346 e. The molecule has 3 heterocycles. The van der Waals surface area contributed by atoms with Gasteiger partial charge >= 0.3 is 0 Å². The van der Waals surface area contributed by atoms with E-state index in [4.69, 9.17) is 4.52 Å². The van der Waals surface area contributed by atoms with Gasteiger partial charge in [0.05, 0.1) is 18.5 Å². The molecule has 158 valence electrons. The first-order valence-electron chi connectivity index (χ1n) is 10.6. The molecule has 1 aromatic heterocycles. The highest BCUT2D eigenvalue weighted by atomic mass is 16.5. The number of amides is 2. The third-order valence-corrected chi connectivity index (χ3v) is 6.18. The summed E-state index contributed by atoms with van der Waals surface area (Å²) in [6.45, 7) is 1.73. The molecule has 0 bridgehead atoms. The van der Waals surface area contributed by atoms with E-state index in [0.717, 1.165) is 37.1 Å². The van der Waals surface area contributed by atoms with Gasteiger partial charge in [-0.2, -0.15) is 0 Å².